The van der Waals surface area contributed by atoms with Gasteiger partial charge in [-0.2, -0.15) is 0 Å². The minimum atomic E-state index is -0.359. The summed E-state index contributed by atoms with van der Waals surface area (Å²) in [5.74, 6) is 0.398. The van der Waals surface area contributed by atoms with Crippen molar-refractivity contribution in [2.75, 3.05) is 25.1 Å². The molecule has 0 aliphatic carbocycles. The lowest BCUT2D eigenvalue weighted by Crippen LogP contribution is -2.22. The second-order valence-corrected chi connectivity index (χ2v) is 3.47. The lowest BCUT2D eigenvalue weighted by molar-refractivity contribution is -0.117. The number of anilines is 1. The van der Waals surface area contributed by atoms with Crippen LogP contribution in [-0.4, -0.2) is 36.2 Å². The third-order valence-electron chi connectivity index (χ3n) is 2.14. The number of nitrogens with zero attached hydrogens (tertiary/aromatic N) is 2. The summed E-state index contributed by atoms with van der Waals surface area (Å²) >= 11 is 0. The van der Waals surface area contributed by atoms with Gasteiger partial charge in [0.1, 0.15) is 5.82 Å². The number of amides is 1. The number of likely N-dealkylation sites (N-methyl/N-ethyl adjacent to an activating group) is 1. The maximum Gasteiger partial charge on any atom is 0.218 e. The van der Waals surface area contributed by atoms with Gasteiger partial charge in [-0.15, -0.1) is 0 Å². The van der Waals surface area contributed by atoms with Gasteiger partial charge < -0.3 is 15.7 Å². The molecule has 1 amide bonds. The Bertz CT molecular complexity index is 355. The smallest absolute Gasteiger partial charge is 0.218 e. The lowest BCUT2D eigenvalue weighted by atomic mass is 10.1. The molecule has 5 heteroatoms. The molecule has 1 rings (SSSR count). The molecule has 1 heterocycles. The molecule has 1 aromatic heterocycles. The fraction of sp³-hybridized carbons (Fsp3) is 0.364. The van der Waals surface area contributed by atoms with E-state index >= 15 is 0 Å². The first-order chi connectivity index (χ1) is 7.63. The topological polar surface area (TPSA) is 79.5 Å². The summed E-state index contributed by atoms with van der Waals surface area (Å²) in [6, 6.07) is 3.65. The number of aliphatic hydroxyl groups is 1. The predicted octanol–water partition coefficient (Wildman–Crippen LogP) is -0.0621. The van der Waals surface area contributed by atoms with E-state index in [1.54, 1.807) is 18.7 Å². The summed E-state index contributed by atoms with van der Waals surface area (Å²) in [6.07, 6.45) is 3.63. The van der Waals surface area contributed by atoms with Crippen molar-refractivity contribution in [1.29, 1.82) is 0 Å². The first-order valence-corrected chi connectivity index (χ1v) is 5.03. The number of aromatic nitrogens is 1. The van der Waals surface area contributed by atoms with E-state index in [9.17, 15) is 4.79 Å². The highest BCUT2D eigenvalue weighted by Crippen LogP contribution is 2.13. The molecule has 0 spiro atoms. The zero-order chi connectivity index (χ0) is 12.0. The van der Waals surface area contributed by atoms with Gasteiger partial charge in [0.05, 0.1) is 6.61 Å². The number of nitrogens with two attached hydrogens (primary N) is 1. The Morgan fingerprint density at radius 2 is 2.44 bits per heavy atom. The standard InChI is InChI=1S/C11H16N3O2/c1-14(6-7-15)11-8-9(4-5-13-11)2-3-10(12)16/h2,4-5,8,15H,3,6-7H2,1H3,(H2,12,16). The average Bonchev–Trinajstić information content (AvgIpc) is 2.27. The molecule has 0 unspecified atom stereocenters. The molecule has 5 nitrogen and oxygen atoms in total. The molecule has 0 atom stereocenters. The summed E-state index contributed by atoms with van der Waals surface area (Å²) in [5.41, 5.74) is 5.95. The quantitative estimate of drug-likeness (QED) is 0.706. The van der Waals surface area contributed by atoms with E-state index in [4.69, 9.17) is 10.8 Å². The van der Waals surface area contributed by atoms with Crippen molar-refractivity contribution >= 4 is 11.7 Å². The van der Waals surface area contributed by atoms with Crippen LogP contribution >= 0.6 is 0 Å². The van der Waals surface area contributed by atoms with Crippen LogP contribution < -0.4 is 10.6 Å². The molecule has 0 saturated heterocycles. The van der Waals surface area contributed by atoms with Crippen LogP contribution in [-0.2, 0) is 4.79 Å². The highest BCUT2D eigenvalue weighted by molar-refractivity contribution is 5.75. The van der Waals surface area contributed by atoms with Crippen LogP contribution in [0.2, 0.25) is 0 Å². The molecule has 87 valence electrons. The molecule has 0 fully saturated rings. The zero-order valence-electron chi connectivity index (χ0n) is 9.26. The molecule has 1 aromatic rings. The fourth-order valence-electron chi connectivity index (χ4n) is 1.25. The Morgan fingerprint density at radius 3 is 3.06 bits per heavy atom. The van der Waals surface area contributed by atoms with Gasteiger partial charge in [0, 0.05) is 32.6 Å². The second-order valence-electron chi connectivity index (χ2n) is 3.47. The van der Waals surface area contributed by atoms with Gasteiger partial charge in [0.2, 0.25) is 5.91 Å². The van der Waals surface area contributed by atoms with Crippen LogP contribution in [0.4, 0.5) is 5.82 Å². The summed E-state index contributed by atoms with van der Waals surface area (Å²) in [4.78, 5) is 16.6. The lowest BCUT2D eigenvalue weighted by Gasteiger charge is -2.17. The molecule has 0 bridgehead atoms. The summed E-state index contributed by atoms with van der Waals surface area (Å²) in [5, 5.41) is 8.80. The van der Waals surface area contributed by atoms with Gasteiger partial charge in [-0.3, -0.25) is 4.79 Å². The Morgan fingerprint density at radius 1 is 1.69 bits per heavy atom. The van der Waals surface area contributed by atoms with Crippen molar-refractivity contribution < 1.29 is 9.90 Å². The molecule has 0 saturated carbocycles. The van der Waals surface area contributed by atoms with Crippen molar-refractivity contribution in [3.05, 3.63) is 30.3 Å². The van der Waals surface area contributed by atoms with E-state index in [2.05, 4.69) is 4.98 Å². The van der Waals surface area contributed by atoms with Gasteiger partial charge in [-0.05, 0) is 17.7 Å². The molecule has 0 aromatic carbocycles. The van der Waals surface area contributed by atoms with Crippen molar-refractivity contribution in [1.82, 2.24) is 4.98 Å². The van der Waals surface area contributed by atoms with Crippen molar-refractivity contribution in [2.45, 2.75) is 6.42 Å². The molecular formula is C11H16N3O2. The number of hydrogen-bond donors (Lipinski definition) is 2. The molecule has 16 heavy (non-hydrogen) atoms. The SMILES string of the molecule is CN(CCO)c1cc([CH]CC(N)=O)ccn1. The van der Waals surface area contributed by atoms with Crippen LogP contribution in [0.3, 0.4) is 0 Å². The number of primary amides is 1. The highest BCUT2D eigenvalue weighted by Gasteiger charge is 2.04. The third kappa shape index (κ3) is 3.86. The Hall–Kier alpha value is -1.62. The van der Waals surface area contributed by atoms with Crippen LogP contribution in [0, 0.1) is 6.42 Å². The number of pyridine rings is 1. The minimum absolute atomic E-state index is 0.0768. The number of aliphatic hydroxyl groups excluding tert-OH is 1. The van der Waals surface area contributed by atoms with Gasteiger partial charge in [0.15, 0.2) is 0 Å². The Kier molecular flexibility index (Phi) is 4.72. The number of hydrogen-bond acceptors (Lipinski definition) is 4. The predicted molar refractivity (Wildman–Crippen MR) is 61.8 cm³/mol. The highest BCUT2D eigenvalue weighted by atomic mass is 16.3. The molecule has 3 N–H and O–H groups in total. The van der Waals surface area contributed by atoms with Gasteiger partial charge in [0.25, 0.3) is 0 Å². The van der Waals surface area contributed by atoms with Crippen molar-refractivity contribution in [3.8, 4) is 0 Å². The van der Waals surface area contributed by atoms with Crippen LogP contribution in [0.25, 0.3) is 0 Å². The summed E-state index contributed by atoms with van der Waals surface area (Å²) < 4.78 is 0. The zero-order valence-corrected chi connectivity index (χ0v) is 9.26. The van der Waals surface area contributed by atoms with E-state index < -0.39 is 0 Å². The van der Waals surface area contributed by atoms with Crippen LogP contribution in [0.15, 0.2) is 18.3 Å². The van der Waals surface area contributed by atoms with E-state index in [1.807, 2.05) is 18.0 Å². The van der Waals surface area contributed by atoms with Crippen LogP contribution in [0.5, 0.6) is 0 Å². The maximum absolute atomic E-state index is 10.6. The Labute approximate surface area is 94.9 Å². The monoisotopic (exact) mass is 222 g/mol. The van der Waals surface area contributed by atoms with E-state index in [0.717, 1.165) is 11.4 Å². The first kappa shape index (κ1) is 12.4. The van der Waals surface area contributed by atoms with Crippen molar-refractivity contribution in [3.63, 3.8) is 0 Å². The normalized spacial score (nSPS) is 10.1. The largest absolute Gasteiger partial charge is 0.395 e. The second kappa shape index (κ2) is 6.07. The summed E-state index contributed by atoms with van der Waals surface area (Å²) in [7, 11) is 1.84. The molecular weight excluding hydrogens is 206 g/mol. The molecule has 1 radical (unpaired) electrons. The molecule has 0 aliphatic heterocycles. The summed E-state index contributed by atoms with van der Waals surface area (Å²) in [6.45, 7) is 0.597. The maximum atomic E-state index is 10.6. The number of rotatable bonds is 6. The Balaban J connectivity index is 2.66. The minimum Gasteiger partial charge on any atom is -0.395 e. The van der Waals surface area contributed by atoms with Crippen LogP contribution in [0.1, 0.15) is 12.0 Å². The van der Waals surface area contributed by atoms with Crippen molar-refractivity contribution in [2.24, 2.45) is 5.73 Å². The molecule has 0 aliphatic rings. The van der Waals surface area contributed by atoms with E-state index in [0.29, 0.717) is 6.54 Å². The number of carbonyl (C=O) groups excluding carboxylic acids is 1. The van der Waals surface area contributed by atoms with Gasteiger partial charge >= 0.3 is 0 Å². The van der Waals surface area contributed by atoms with Gasteiger partial charge in [-0.1, -0.05) is 0 Å². The van der Waals surface area contributed by atoms with E-state index in [1.165, 1.54) is 0 Å². The van der Waals surface area contributed by atoms with Gasteiger partial charge in [-0.25, -0.2) is 4.98 Å². The van der Waals surface area contributed by atoms with E-state index in [-0.39, 0.29) is 18.9 Å². The number of carbonyl (C=O) groups is 1. The first-order valence-electron chi connectivity index (χ1n) is 5.03. The third-order valence-corrected chi connectivity index (χ3v) is 2.14. The average molecular weight is 222 g/mol. The fourth-order valence-corrected chi connectivity index (χ4v) is 1.25.